The van der Waals surface area contributed by atoms with E-state index in [2.05, 4.69) is 48.7 Å². The highest BCUT2D eigenvalue weighted by Crippen LogP contribution is 2.14. The van der Waals surface area contributed by atoms with Gasteiger partial charge in [0.15, 0.2) is 0 Å². The topological polar surface area (TPSA) is 41.1 Å². The van der Waals surface area contributed by atoms with Gasteiger partial charge in [0.2, 0.25) is 5.91 Å². The summed E-state index contributed by atoms with van der Waals surface area (Å²) < 4.78 is 0. The Morgan fingerprint density at radius 2 is 2.05 bits per heavy atom. The number of hydrogen-bond donors (Lipinski definition) is 2. The molecule has 0 spiro atoms. The lowest BCUT2D eigenvalue weighted by Crippen LogP contribution is -2.46. The van der Waals surface area contributed by atoms with Gasteiger partial charge in [0.25, 0.3) is 0 Å². The molecule has 1 heterocycles. The van der Waals surface area contributed by atoms with Crippen LogP contribution in [0.1, 0.15) is 50.2 Å². The van der Waals surface area contributed by atoms with Crippen LogP contribution < -0.4 is 10.6 Å². The highest BCUT2D eigenvalue weighted by Gasteiger charge is 2.19. The molecule has 19 heavy (non-hydrogen) atoms. The molecule has 1 aromatic rings. The molecule has 0 bridgehead atoms. The third kappa shape index (κ3) is 4.06. The Kier molecular flexibility index (Phi) is 4.97. The Morgan fingerprint density at radius 1 is 1.32 bits per heavy atom. The maximum atomic E-state index is 12.0. The molecule has 1 amide bonds. The van der Waals surface area contributed by atoms with Crippen LogP contribution in [0.4, 0.5) is 0 Å². The first-order valence-corrected chi connectivity index (χ1v) is 7.27. The number of piperidine rings is 1. The summed E-state index contributed by atoms with van der Waals surface area (Å²) in [6.07, 6.45) is 3.28. The molecule has 0 aliphatic carbocycles. The van der Waals surface area contributed by atoms with Crippen molar-refractivity contribution in [3.8, 4) is 0 Å². The highest BCUT2D eigenvalue weighted by molar-refractivity contribution is 5.81. The van der Waals surface area contributed by atoms with Crippen molar-refractivity contribution in [1.82, 2.24) is 10.6 Å². The normalized spacial score (nSPS) is 19.4. The van der Waals surface area contributed by atoms with Crippen molar-refractivity contribution in [3.05, 3.63) is 35.4 Å². The first-order valence-electron chi connectivity index (χ1n) is 7.27. The average Bonchev–Trinajstić information content (AvgIpc) is 2.46. The fourth-order valence-electron chi connectivity index (χ4n) is 2.41. The van der Waals surface area contributed by atoms with Gasteiger partial charge in [0, 0.05) is 6.54 Å². The van der Waals surface area contributed by atoms with Gasteiger partial charge in [0.1, 0.15) is 0 Å². The largest absolute Gasteiger partial charge is 0.351 e. The molecule has 3 nitrogen and oxygen atoms in total. The maximum absolute atomic E-state index is 12.0. The zero-order chi connectivity index (χ0) is 13.7. The molecule has 0 unspecified atom stereocenters. The third-order valence-electron chi connectivity index (χ3n) is 3.74. The molecule has 1 atom stereocenters. The van der Waals surface area contributed by atoms with Gasteiger partial charge in [-0.15, -0.1) is 0 Å². The van der Waals surface area contributed by atoms with Crippen molar-refractivity contribution in [2.24, 2.45) is 0 Å². The lowest BCUT2D eigenvalue weighted by atomic mass is 10.0. The number of carbonyl (C=O) groups excluding carboxylic acids is 1. The van der Waals surface area contributed by atoms with Gasteiger partial charge in [-0.25, -0.2) is 0 Å². The van der Waals surface area contributed by atoms with Crippen molar-refractivity contribution in [3.63, 3.8) is 0 Å². The lowest BCUT2D eigenvalue weighted by Gasteiger charge is -2.22. The van der Waals surface area contributed by atoms with Gasteiger partial charge in [0.05, 0.1) is 6.04 Å². The van der Waals surface area contributed by atoms with Crippen LogP contribution in [0.3, 0.4) is 0 Å². The molecule has 3 heteroatoms. The summed E-state index contributed by atoms with van der Waals surface area (Å²) >= 11 is 0. The Labute approximate surface area is 115 Å². The Bertz CT molecular complexity index is 405. The molecule has 1 saturated heterocycles. The second-order valence-corrected chi connectivity index (χ2v) is 5.62. The van der Waals surface area contributed by atoms with Crippen LogP contribution in [-0.2, 0) is 11.3 Å². The van der Waals surface area contributed by atoms with Crippen molar-refractivity contribution >= 4 is 5.91 Å². The quantitative estimate of drug-likeness (QED) is 0.873. The number of nitrogens with one attached hydrogen (secondary N) is 2. The second-order valence-electron chi connectivity index (χ2n) is 5.62. The van der Waals surface area contributed by atoms with Crippen LogP contribution in [0.5, 0.6) is 0 Å². The van der Waals surface area contributed by atoms with Gasteiger partial charge >= 0.3 is 0 Å². The highest BCUT2D eigenvalue weighted by atomic mass is 16.2. The van der Waals surface area contributed by atoms with Crippen LogP contribution in [0, 0.1) is 0 Å². The number of hydrogen-bond acceptors (Lipinski definition) is 2. The smallest absolute Gasteiger partial charge is 0.237 e. The fraction of sp³-hybridized carbons (Fsp3) is 0.562. The number of rotatable bonds is 4. The molecule has 2 rings (SSSR count). The average molecular weight is 260 g/mol. The monoisotopic (exact) mass is 260 g/mol. The van der Waals surface area contributed by atoms with Crippen LogP contribution in [0.25, 0.3) is 0 Å². The van der Waals surface area contributed by atoms with Crippen LogP contribution in [-0.4, -0.2) is 18.5 Å². The van der Waals surface area contributed by atoms with Crippen LogP contribution >= 0.6 is 0 Å². The molecule has 1 fully saturated rings. The van der Waals surface area contributed by atoms with E-state index < -0.39 is 0 Å². The summed E-state index contributed by atoms with van der Waals surface area (Å²) in [5.41, 5.74) is 2.50. The standard InChI is InChI=1S/C16H24N2O/c1-12(2)14-8-6-13(7-9-14)11-18-16(19)15-5-3-4-10-17-15/h6-9,12,15,17H,3-5,10-11H2,1-2H3,(H,18,19)/t15-/m1/s1. The fourth-order valence-corrected chi connectivity index (χ4v) is 2.41. The van der Waals surface area contributed by atoms with Gasteiger partial charge in [-0.3, -0.25) is 4.79 Å². The van der Waals surface area contributed by atoms with Crippen molar-refractivity contribution in [2.45, 2.75) is 51.6 Å². The van der Waals surface area contributed by atoms with E-state index in [9.17, 15) is 4.79 Å². The number of carbonyl (C=O) groups is 1. The van der Waals surface area contributed by atoms with Crippen molar-refractivity contribution in [2.75, 3.05) is 6.54 Å². The zero-order valence-corrected chi connectivity index (χ0v) is 11.9. The lowest BCUT2D eigenvalue weighted by molar-refractivity contribution is -0.123. The number of benzene rings is 1. The first-order chi connectivity index (χ1) is 9.16. The van der Waals surface area contributed by atoms with Crippen molar-refractivity contribution in [1.29, 1.82) is 0 Å². The van der Waals surface area contributed by atoms with E-state index in [0.29, 0.717) is 12.5 Å². The maximum Gasteiger partial charge on any atom is 0.237 e. The summed E-state index contributed by atoms with van der Waals surface area (Å²) in [5.74, 6) is 0.683. The molecule has 0 radical (unpaired) electrons. The minimum atomic E-state index is 0.00341. The molecule has 1 aliphatic heterocycles. The van der Waals surface area contributed by atoms with E-state index in [0.717, 1.165) is 24.9 Å². The summed E-state index contributed by atoms with van der Waals surface area (Å²) in [7, 11) is 0. The van der Waals surface area contributed by atoms with E-state index in [-0.39, 0.29) is 11.9 Å². The van der Waals surface area contributed by atoms with Gasteiger partial charge in [-0.1, -0.05) is 44.5 Å². The molecule has 1 aromatic carbocycles. The predicted octanol–water partition coefficient (Wildman–Crippen LogP) is 2.57. The molecule has 104 valence electrons. The van der Waals surface area contributed by atoms with Gasteiger partial charge in [-0.05, 0) is 36.4 Å². The van der Waals surface area contributed by atoms with E-state index in [4.69, 9.17) is 0 Å². The molecule has 1 aliphatic rings. The zero-order valence-electron chi connectivity index (χ0n) is 11.9. The Hall–Kier alpha value is -1.35. The second kappa shape index (κ2) is 6.71. The minimum absolute atomic E-state index is 0.00341. The Morgan fingerprint density at radius 3 is 2.63 bits per heavy atom. The van der Waals surface area contributed by atoms with Crippen LogP contribution in [0.15, 0.2) is 24.3 Å². The van der Waals surface area contributed by atoms with E-state index in [1.165, 1.54) is 12.0 Å². The summed E-state index contributed by atoms with van der Waals surface area (Å²) in [6, 6.07) is 8.49. The van der Waals surface area contributed by atoms with E-state index in [1.54, 1.807) is 0 Å². The summed E-state index contributed by atoms with van der Waals surface area (Å²) in [6.45, 7) is 5.95. The summed E-state index contributed by atoms with van der Waals surface area (Å²) in [5, 5.41) is 6.28. The molecule has 0 saturated carbocycles. The third-order valence-corrected chi connectivity index (χ3v) is 3.74. The minimum Gasteiger partial charge on any atom is -0.351 e. The molecule has 0 aromatic heterocycles. The number of amides is 1. The van der Waals surface area contributed by atoms with Gasteiger partial charge < -0.3 is 10.6 Å². The molecular formula is C16H24N2O. The Balaban J connectivity index is 1.82. The van der Waals surface area contributed by atoms with Gasteiger partial charge in [-0.2, -0.15) is 0 Å². The van der Waals surface area contributed by atoms with Crippen molar-refractivity contribution < 1.29 is 4.79 Å². The molecular weight excluding hydrogens is 236 g/mol. The predicted molar refractivity (Wildman–Crippen MR) is 78.0 cm³/mol. The SMILES string of the molecule is CC(C)c1ccc(CNC(=O)[C@H]2CCCCN2)cc1. The molecule has 2 N–H and O–H groups in total. The van der Waals surface area contributed by atoms with E-state index >= 15 is 0 Å². The van der Waals surface area contributed by atoms with E-state index in [1.807, 2.05) is 0 Å². The summed E-state index contributed by atoms with van der Waals surface area (Å²) in [4.78, 5) is 12.0. The first kappa shape index (κ1) is 14.1. The van der Waals surface area contributed by atoms with Crippen LogP contribution in [0.2, 0.25) is 0 Å².